The van der Waals surface area contributed by atoms with Crippen LogP contribution in [0.3, 0.4) is 0 Å². The van der Waals surface area contributed by atoms with Crippen molar-refractivity contribution in [1.29, 1.82) is 0 Å². The average molecular weight is 230 g/mol. The minimum Gasteiger partial charge on any atom is -0.394 e. The number of rotatable bonds is 2. The molecule has 0 atom stereocenters. The van der Waals surface area contributed by atoms with Crippen molar-refractivity contribution in [3.8, 4) is 11.3 Å². The summed E-state index contributed by atoms with van der Waals surface area (Å²) in [6.07, 6.45) is 4.36. The Hall–Kier alpha value is -2.17. The Morgan fingerprint density at radius 1 is 1.47 bits per heavy atom. The van der Waals surface area contributed by atoms with Gasteiger partial charge < -0.3 is 5.73 Å². The summed E-state index contributed by atoms with van der Waals surface area (Å²) < 4.78 is 1.25. The molecule has 0 saturated carbocycles. The molecule has 2 rings (SSSR count). The molecule has 0 spiro atoms. The van der Waals surface area contributed by atoms with Crippen LogP contribution in [-0.2, 0) is 13.5 Å². The van der Waals surface area contributed by atoms with Gasteiger partial charge in [-0.2, -0.15) is 5.10 Å². The van der Waals surface area contributed by atoms with E-state index in [0.29, 0.717) is 5.69 Å². The molecule has 2 N–H and O–H groups in total. The molecule has 2 aromatic heterocycles. The maximum Gasteiger partial charge on any atom is 0.289 e. The molecule has 0 radical (unpaired) electrons. The van der Waals surface area contributed by atoms with Gasteiger partial charge in [0.15, 0.2) is 0 Å². The van der Waals surface area contributed by atoms with Crippen LogP contribution in [0.2, 0.25) is 0 Å². The van der Waals surface area contributed by atoms with Crippen LogP contribution in [0.4, 0.5) is 5.69 Å². The van der Waals surface area contributed by atoms with E-state index in [2.05, 4.69) is 10.1 Å². The van der Waals surface area contributed by atoms with Crippen molar-refractivity contribution >= 4 is 5.69 Å². The van der Waals surface area contributed by atoms with Crippen LogP contribution in [0.5, 0.6) is 0 Å². The highest BCUT2D eigenvalue weighted by atomic mass is 16.1. The summed E-state index contributed by atoms with van der Waals surface area (Å²) in [6.45, 7) is 2.05. The number of nitrogens with zero attached hydrogens (tertiary/aromatic N) is 3. The maximum atomic E-state index is 11.5. The van der Waals surface area contributed by atoms with Crippen molar-refractivity contribution in [3.05, 3.63) is 40.4 Å². The third-order valence-electron chi connectivity index (χ3n) is 2.65. The average Bonchev–Trinajstić information content (AvgIpc) is 2.35. The SMILES string of the molecule is CCc1cnccc1-c1cc(N)c(=O)n(C)n1. The Morgan fingerprint density at radius 2 is 2.24 bits per heavy atom. The van der Waals surface area contributed by atoms with Gasteiger partial charge >= 0.3 is 0 Å². The van der Waals surface area contributed by atoms with E-state index in [0.717, 1.165) is 17.5 Å². The Bertz CT molecular complexity index is 577. The van der Waals surface area contributed by atoms with Gasteiger partial charge in [-0.1, -0.05) is 6.92 Å². The van der Waals surface area contributed by atoms with Gasteiger partial charge in [0.1, 0.15) is 5.69 Å². The van der Waals surface area contributed by atoms with Crippen molar-refractivity contribution in [1.82, 2.24) is 14.8 Å². The summed E-state index contributed by atoms with van der Waals surface area (Å²) >= 11 is 0. The smallest absolute Gasteiger partial charge is 0.289 e. The molecule has 5 nitrogen and oxygen atoms in total. The molecule has 2 heterocycles. The second-order valence-corrected chi connectivity index (χ2v) is 3.80. The summed E-state index contributed by atoms with van der Waals surface area (Å²) in [5, 5.41) is 4.21. The number of aromatic nitrogens is 3. The molecule has 0 amide bonds. The topological polar surface area (TPSA) is 73.8 Å². The van der Waals surface area contributed by atoms with Crippen LogP contribution in [-0.4, -0.2) is 14.8 Å². The van der Waals surface area contributed by atoms with E-state index in [9.17, 15) is 4.79 Å². The molecule has 0 aliphatic carbocycles. The minimum absolute atomic E-state index is 0.205. The zero-order valence-electron chi connectivity index (χ0n) is 9.84. The van der Waals surface area contributed by atoms with E-state index in [1.807, 2.05) is 13.0 Å². The quantitative estimate of drug-likeness (QED) is 0.834. The summed E-state index contributed by atoms with van der Waals surface area (Å²) in [6, 6.07) is 3.49. The molecule has 0 bridgehead atoms. The Kier molecular flexibility index (Phi) is 2.91. The third-order valence-corrected chi connectivity index (χ3v) is 2.65. The van der Waals surface area contributed by atoms with Crippen molar-refractivity contribution in [2.45, 2.75) is 13.3 Å². The highest BCUT2D eigenvalue weighted by Gasteiger charge is 2.08. The Morgan fingerprint density at radius 3 is 2.88 bits per heavy atom. The van der Waals surface area contributed by atoms with E-state index in [4.69, 9.17) is 5.73 Å². The van der Waals surface area contributed by atoms with Crippen LogP contribution in [0.1, 0.15) is 12.5 Å². The zero-order chi connectivity index (χ0) is 12.4. The van der Waals surface area contributed by atoms with Crippen LogP contribution in [0, 0.1) is 0 Å². The van der Waals surface area contributed by atoms with E-state index in [-0.39, 0.29) is 11.2 Å². The lowest BCUT2D eigenvalue weighted by atomic mass is 10.1. The number of aryl methyl sites for hydroxylation is 2. The number of hydrogen-bond acceptors (Lipinski definition) is 4. The van der Waals surface area contributed by atoms with E-state index < -0.39 is 0 Å². The minimum atomic E-state index is -0.277. The van der Waals surface area contributed by atoms with Gasteiger partial charge in [-0.05, 0) is 24.1 Å². The summed E-state index contributed by atoms with van der Waals surface area (Å²) in [5.74, 6) is 0. The first kappa shape index (κ1) is 11.3. The highest BCUT2D eigenvalue weighted by Crippen LogP contribution is 2.21. The first-order valence-corrected chi connectivity index (χ1v) is 5.40. The fraction of sp³-hybridized carbons (Fsp3) is 0.250. The van der Waals surface area contributed by atoms with E-state index in [1.54, 1.807) is 25.5 Å². The number of hydrogen-bond donors (Lipinski definition) is 1. The van der Waals surface area contributed by atoms with Crippen molar-refractivity contribution in [2.24, 2.45) is 7.05 Å². The standard InChI is InChI=1S/C12H14N4O/c1-3-8-7-14-5-4-9(8)11-6-10(13)12(17)16(2)15-11/h4-7H,3,13H2,1-2H3. The fourth-order valence-corrected chi connectivity index (χ4v) is 1.72. The van der Waals surface area contributed by atoms with Gasteiger partial charge in [0.25, 0.3) is 5.56 Å². The predicted octanol–water partition coefficient (Wildman–Crippen LogP) is 0.987. The molecule has 2 aromatic rings. The van der Waals surface area contributed by atoms with Crippen molar-refractivity contribution in [2.75, 3.05) is 5.73 Å². The summed E-state index contributed by atoms with van der Waals surface area (Å²) in [4.78, 5) is 15.5. The molecule has 0 unspecified atom stereocenters. The lowest BCUT2D eigenvalue weighted by molar-refractivity contribution is 0.714. The van der Waals surface area contributed by atoms with Crippen molar-refractivity contribution in [3.63, 3.8) is 0 Å². The van der Waals surface area contributed by atoms with Crippen LogP contribution >= 0.6 is 0 Å². The van der Waals surface area contributed by atoms with Crippen LogP contribution in [0.15, 0.2) is 29.3 Å². The van der Waals surface area contributed by atoms with Gasteiger partial charge in [0.05, 0.1) is 5.69 Å². The number of anilines is 1. The molecule has 0 fully saturated rings. The predicted molar refractivity (Wildman–Crippen MR) is 66.5 cm³/mol. The first-order valence-electron chi connectivity index (χ1n) is 5.40. The van der Waals surface area contributed by atoms with Gasteiger partial charge in [-0.3, -0.25) is 9.78 Å². The van der Waals surface area contributed by atoms with Gasteiger partial charge in [-0.15, -0.1) is 0 Å². The summed E-state index contributed by atoms with van der Waals surface area (Å²) in [7, 11) is 1.59. The zero-order valence-corrected chi connectivity index (χ0v) is 9.84. The van der Waals surface area contributed by atoms with Gasteiger partial charge in [0.2, 0.25) is 0 Å². The number of nitrogens with two attached hydrogens (primary N) is 1. The lowest BCUT2D eigenvalue weighted by Crippen LogP contribution is -2.22. The molecule has 0 saturated heterocycles. The molecule has 17 heavy (non-hydrogen) atoms. The third kappa shape index (κ3) is 2.04. The molecule has 0 aromatic carbocycles. The molecule has 0 aliphatic heterocycles. The second-order valence-electron chi connectivity index (χ2n) is 3.80. The normalized spacial score (nSPS) is 10.5. The van der Waals surface area contributed by atoms with E-state index >= 15 is 0 Å². The molecule has 5 heteroatoms. The van der Waals surface area contributed by atoms with E-state index in [1.165, 1.54) is 4.68 Å². The van der Waals surface area contributed by atoms with Crippen LogP contribution < -0.4 is 11.3 Å². The number of pyridine rings is 1. The fourth-order valence-electron chi connectivity index (χ4n) is 1.72. The molecule has 88 valence electrons. The second kappa shape index (κ2) is 4.37. The van der Waals surface area contributed by atoms with Gasteiger partial charge in [-0.25, -0.2) is 4.68 Å². The highest BCUT2D eigenvalue weighted by molar-refractivity contribution is 5.65. The Labute approximate surface area is 98.9 Å². The van der Waals surface area contributed by atoms with Crippen LogP contribution in [0.25, 0.3) is 11.3 Å². The monoisotopic (exact) mass is 230 g/mol. The van der Waals surface area contributed by atoms with Crippen molar-refractivity contribution < 1.29 is 0 Å². The summed E-state index contributed by atoms with van der Waals surface area (Å²) in [5.41, 5.74) is 8.33. The van der Waals surface area contributed by atoms with Gasteiger partial charge in [0, 0.05) is 25.0 Å². The molecular weight excluding hydrogens is 216 g/mol. The first-order chi connectivity index (χ1) is 8.13. The molecular formula is C12H14N4O. The maximum absolute atomic E-state index is 11.5. The molecule has 0 aliphatic rings. The largest absolute Gasteiger partial charge is 0.394 e. The lowest BCUT2D eigenvalue weighted by Gasteiger charge is -2.08. The number of nitrogen functional groups attached to an aromatic ring is 1. The Balaban J connectivity index is 2.65.